The van der Waals surface area contributed by atoms with Crippen LogP contribution in [0.5, 0.6) is 0 Å². The van der Waals surface area contributed by atoms with Crippen LogP contribution >= 0.6 is 0 Å². The Morgan fingerprint density at radius 3 is 2.47 bits per heavy atom. The molecule has 19 heavy (non-hydrogen) atoms. The second-order valence-corrected chi connectivity index (χ2v) is 5.28. The van der Waals surface area contributed by atoms with Crippen molar-refractivity contribution in [3.8, 4) is 0 Å². The molecular formula is C15H22N2O2. The van der Waals surface area contributed by atoms with Gasteiger partial charge in [-0.3, -0.25) is 4.79 Å². The van der Waals surface area contributed by atoms with Gasteiger partial charge in [0.1, 0.15) is 0 Å². The van der Waals surface area contributed by atoms with E-state index in [-0.39, 0.29) is 24.2 Å². The summed E-state index contributed by atoms with van der Waals surface area (Å²) in [4.78, 5) is 14.1. The average Bonchev–Trinajstić information content (AvgIpc) is 2.38. The smallest absolute Gasteiger partial charge is 0.224 e. The molecule has 2 N–H and O–H groups in total. The largest absolute Gasteiger partial charge is 0.372 e. The van der Waals surface area contributed by atoms with Crippen LogP contribution in [-0.2, 0) is 9.53 Å². The zero-order valence-corrected chi connectivity index (χ0v) is 11.6. The van der Waals surface area contributed by atoms with Crippen LogP contribution in [0.15, 0.2) is 30.3 Å². The highest BCUT2D eigenvalue weighted by molar-refractivity contribution is 5.77. The monoisotopic (exact) mass is 262 g/mol. The third kappa shape index (κ3) is 3.78. The maximum atomic E-state index is 12.3. The number of hydrogen-bond acceptors (Lipinski definition) is 3. The first kappa shape index (κ1) is 14.0. The molecule has 104 valence electrons. The fraction of sp³-hybridized carbons (Fsp3) is 0.533. The van der Waals surface area contributed by atoms with Gasteiger partial charge in [-0.1, -0.05) is 30.3 Å². The summed E-state index contributed by atoms with van der Waals surface area (Å²) < 4.78 is 5.63. The topological polar surface area (TPSA) is 55.6 Å². The molecule has 1 aromatic carbocycles. The molecule has 0 radical (unpaired) electrons. The number of carbonyl (C=O) groups excluding carboxylic acids is 1. The molecule has 1 fully saturated rings. The number of amides is 1. The molecular weight excluding hydrogens is 240 g/mol. The lowest BCUT2D eigenvalue weighted by Gasteiger charge is -2.35. The van der Waals surface area contributed by atoms with E-state index in [1.807, 2.05) is 49.1 Å². The number of nitrogens with two attached hydrogens (primary N) is 1. The van der Waals surface area contributed by atoms with E-state index in [1.54, 1.807) is 0 Å². The highest BCUT2D eigenvalue weighted by atomic mass is 16.5. The van der Waals surface area contributed by atoms with Gasteiger partial charge < -0.3 is 15.4 Å². The second kappa shape index (κ2) is 6.17. The van der Waals surface area contributed by atoms with Gasteiger partial charge in [-0.15, -0.1) is 0 Å². The summed E-state index contributed by atoms with van der Waals surface area (Å²) in [6.45, 7) is 5.30. The van der Waals surface area contributed by atoms with Crippen LogP contribution in [0.2, 0.25) is 0 Å². The Balaban J connectivity index is 1.93. The van der Waals surface area contributed by atoms with Gasteiger partial charge in [0.15, 0.2) is 0 Å². The third-order valence-electron chi connectivity index (χ3n) is 3.39. The number of ether oxygens (including phenoxy) is 1. The van der Waals surface area contributed by atoms with Crippen molar-refractivity contribution in [3.63, 3.8) is 0 Å². The Hall–Kier alpha value is -1.39. The zero-order valence-electron chi connectivity index (χ0n) is 11.6. The minimum atomic E-state index is -0.234. The van der Waals surface area contributed by atoms with E-state index in [1.165, 1.54) is 0 Å². The van der Waals surface area contributed by atoms with Gasteiger partial charge in [0, 0.05) is 25.6 Å². The summed E-state index contributed by atoms with van der Waals surface area (Å²) in [7, 11) is 0. The molecule has 1 aliphatic rings. The van der Waals surface area contributed by atoms with Crippen LogP contribution in [0.1, 0.15) is 31.9 Å². The van der Waals surface area contributed by atoms with E-state index in [0.29, 0.717) is 19.5 Å². The van der Waals surface area contributed by atoms with E-state index in [2.05, 4.69) is 0 Å². The summed E-state index contributed by atoms with van der Waals surface area (Å²) in [5.41, 5.74) is 7.10. The quantitative estimate of drug-likeness (QED) is 0.902. The van der Waals surface area contributed by atoms with Crippen LogP contribution in [0.25, 0.3) is 0 Å². The van der Waals surface area contributed by atoms with E-state index < -0.39 is 0 Å². The highest BCUT2D eigenvalue weighted by Crippen LogP contribution is 2.17. The van der Waals surface area contributed by atoms with Gasteiger partial charge in [-0.25, -0.2) is 0 Å². The van der Waals surface area contributed by atoms with Crippen molar-refractivity contribution in [2.45, 2.75) is 38.5 Å². The van der Waals surface area contributed by atoms with Gasteiger partial charge in [-0.2, -0.15) is 0 Å². The summed E-state index contributed by atoms with van der Waals surface area (Å²) in [6.07, 6.45) is 0.546. The van der Waals surface area contributed by atoms with Crippen molar-refractivity contribution in [1.82, 2.24) is 4.90 Å². The molecule has 0 spiro atoms. The Kier molecular flexibility index (Phi) is 4.56. The van der Waals surface area contributed by atoms with Gasteiger partial charge in [0.2, 0.25) is 5.91 Å². The van der Waals surface area contributed by atoms with Gasteiger partial charge >= 0.3 is 0 Å². The molecule has 0 unspecified atom stereocenters. The molecule has 0 aliphatic carbocycles. The first-order valence-corrected chi connectivity index (χ1v) is 6.80. The standard InChI is InChI=1S/C15H22N2O2/c1-11-9-17(10-12(2)19-11)15(18)8-14(16)13-6-4-3-5-7-13/h3-7,11-12,14H,8-10,16H2,1-2H3/t11-,12-,14+/m0/s1. The molecule has 1 amide bonds. The number of morpholine rings is 1. The van der Waals surface area contributed by atoms with Gasteiger partial charge in [-0.05, 0) is 19.4 Å². The minimum Gasteiger partial charge on any atom is -0.372 e. The molecule has 0 aromatic heterocycles. The molecule has 1 aliphatic heterocycles. The molecule has 2 rings (SSSR count). The average molecular weight is 262 g/mol. The van der Waals surface area contributed by atoms with Crippen molar-refractivity contribution in [1.29, 1.82) is 0 Å². The Bertz CT molecular complexity index is 411. The van der Waals surface area contributed by atoms with Crippen molar-refractivity contribution in [3.05, 3.63) is 35.9 Å². The molecule has 0 bridgehead atoms. The predicted octanol–water partition coefficient (Wildman–Crippen LogP) is 1.71. The van der Waals surface area contributed by atoms with Crippen LogP contribution < -0.4 is 5.73 Å². The molecule has 3 atom stereocenters. The summed E-state index contributed by atoms with van der Waals surface area (Å²) >= 11 is 0. The van der Waals surface area contributed by atoms with Crippen LogP contribution in [0.3, 0.4) is 0 Å². The number of rotatable bonds is 3. The van der Waals surface area contributed by atoms with Gasteiger partial charge in [0.25, 0.3) is 0 Å². The van der Waals surface area contributed by atoms with Crippen molar-refractivity contribution in [2.24, 2.45) is 5.73 Å². The first-order chi connectivity index (χ1) is 9.06. The molecule has 4 heteroatoms. The lowest BCUT2D eigenvalue weighted by molar-refractivity contribution is -0.143. The molecule has 1 saturated heterocycles. The van der Waals surface area contributed by atoms with Crippen molar-refractivity contribution < 1.29 is 9.53 Å². The van der Waals surface area contributed by atoms with E-state index in [0.717, 1.165) is 5.56 Å². The van der Waals surface area contributed by atoms with Crippen LogP contribution in [0, 0.1) is 0 Å². The molecule has 4 nitrogen and oxygen atoms in total. The maximum Gasteiger partial charge on any atom is 0.224 e. The number of carbonyl (C=O) groups is 1. The third-order valence-corrected chi connectivity index (χ3v) is 3.39. The fourth-order valence-corrected chi connectivity index (χ4v) is 2.52. The second-order valence-electron chi connectivity index (χ2n) is 5.28. The van der Waals surface area contributed by atoms with Crippen molar-refractivity contribution in [2.75, 3.05) is 13.1 Å². The van der Waals surface area contributed by atoms with Crippen molar-refractivity contribution >= 4 is 5.91 Å². The molecule has 0 saturated carbocycles. The Morgan fingerprint density at radius 1 is 1.32 bits per heavy atom. The van der Waals surface area contributed by atoms with Crippen LogP contribution in [-0.4, -0.2) is 36.1 Å². The molecule has 1 aromatic rings. The SMILES string of the molecule is C[C@H]1CN(C(=O)C[C@@H](N)c2ccccc2)C[C@H](C)O1. The predicted molar refractivity (Wildman–Crippen MR) is 74.6 cm³/mol. The number of nitrogens with zero attached hydrogens (tertiary/aromatic N) is 1. The minimum absolute atomic E-state index is 0.0978. The van der Waals surface area contributed by atoms with Gasteiger partial charge in [0.05, 0.1) is 12.2 Å². The first-order valence-electron chi connectivity index (χ1n) is 6.80. The van der Waals surface area contributed by atoms with E-state index in [4.69, 9.17) is 10.5 Å². The van der Waals surface area contributed by atoms with E-state index >= 15 is 0 Å². The summed E-state index contributed by atoms with van der Waals surface area (Å²) in [5.74, 6) is 0.110. The Morgan fingerprint density at radius 2 is 1.89 bits per heavy atom. The lowest BCUT2D eigenvalue weighted by atomic mass is 10.0. The summed E-state index contributed by atoms with van der Waals surface area (Å²) in [5, 5.41) is 0. The Labute approximate surface area is 114 Å². The highest BCUT2D eigenvalue weighted by Gasteiger charge is 2.26. The fourth-order valence-electron chi connectivity index (χ4n) is 2.52. The molecule has 1 heterocycles. The number of hydrogen-bond donors (Lipinski definition) is 1. The summed E-state index contributed by atoms with van der Waals surface area (Å²) in [6, 6.07) is 9.52. The normalized spacial score (nSPS) is 25.1. The van der Waals surface area contributed by atoms with E-state index in [9.17, 15) is 4.79 Å². The number of benzene rings is 1. The maximum absolute atomic E-state index is 12.3. The zero-order chi connectivity index (χ0) is 13.8. The lowest BCUT2D eigenvalue weighted by Crippen LogP contribution is -2.48. The van der Waals surface area contributed by atoms with Crippen LogP contribution in [0.4, 0.5) is 0 Å².